The van der Waals surface area contributed by atoms with Gasteiger partial charge in [0.1, 0.15) is 5.82 Å². The monoisotopic (exact) mass is 180 g/mol. The van der Waals surface area contributed by atoms with Gasteiger partial charge in [-0.2, -0.15) is 0 Å². The van der Waals surface area contributed by atoms with Gasteiger partial charge < -0.3 is 10.3 Å². The Hall–Kier alpha value is -1.32. The molecule has 4 heteroatoms. The normalized spacial score (nSPS) is 10.7. The lowest BCUT2D eigenvalue weighted by Crippen LogP contribution is -2.14. The van der Waals surface area contributed by atoms with Crippen molar-refractivity contribution in [3.8, 4) is 0 Å². The first-order valence-corrected chi connectivity index (χ1v) is 4.45. The van der Waals surface area contributed by atoms with Crippen LogP contribution in [0.2, 0.25) is 0 Å². The van der Waals surface area contributed by atoms with Crippen LogP contribution in [0.25, 0.3) is 0 Å². The highest BCUT2D eigenvalue weighted by Gasteiger charge is 2.06. The molecule has 0 unspecified atom stereocenters. The molecule has 0 spiro atoms. The van der Waals surface area contributed by atoms with Crippen LogP contribution in [0.1, 0.15) is 32.0 Å². The summed E-state index contributed by atoms with van der Waals surface area (Å²) in [6.45, 7) is 4.96. The zero-order valence-electron chi connectivity index (χ0n) is 8.12. The van der Waals surface area contributed by atoms with E-state index in [1.807, 2.05) is 10.8 Å². The summed E-state index contributed by atoms with van der Waals surface area (Å²) >= 11 is 0. The smallest absolute Gasteiger partial charge is 0.111 e. The van der Waals surface area contributed by atoms with Crippen LogP contribution in [0.3, 0.4) is 0 Å². The summed E-state index contributed by atoms with van der Waals surface area (Å²) in [5.41, 5.74) is 5.28. The van der Waals surface area contributed by atoms with Gasteiger partial charge in [0.15, 0.2) is 0 Å². The molecular weight excluding hydrogens is 164 g/mol. The zero-order chi connectivity index (χ0) is 9.84. The molecule has 0 aliphatic carbocycles. The van der Waals surface area contributed by atoms with Crippen molar-refractivity contribution in [1.29, 1.82) is 5.41 Å². The minimum Gasteiger partial charge on any atom is -0.388 e. The van der Waals surface area contributed by atoms with E-state index < -0.39 is 0 Å². The van der Waals surface area contributed by atoms with Crippen molar-refractivity contribution in [1.82, 2.24) is 9.55 Å². The number of nitrogens with one attached hydrogen (secondary N) is 1. The maximum Gasteiger partial charge on any atom is 0.111 e. The van der Waals surface area contributed by atoms with E-state index in [1.165, 1.54) is 0 Å². The summed E-state index contributed by atoms with van der Waals surface area (Å²) in [6.07, 6.45) is 4.31. The molecule has 13 heavy (non-hydrogen) atoms. The van der Waals surface area contributed by atoms with E-state index in [1.54, 1.807) is 6.20 Å². The lowest BCUT2D eigenvalue weighted by Gasteiger charge is -2.09. The highest BCUT2D eigenvalue weighted by molar-refractivity contribution is 5.76. The van der Waals surface area contributed by atoms with Gasteiger partial charge in [-0.1, -0.05) is 13.8 Å². The third kappa shape index (κ3) is 2.57. The number of amidine groups is 1. The molecule has 0 bridgehead atoms. The molecule has 0 saturated heterocycles. The summed E-state index contributed by atoms with van der Waals surface area (Å²) in [4.78, 5) is 4.25. The van der Waals surface area contributed by atoms with Crippen LogP contribution in [0.15, 0.2) is 12.4 Å². The average Bonchev–Trinajstić information content (AvgIpc) is 2.47. The molecular formula is C9H16N4. The Bertz CT molecular complexity index is 288. The van der Waals surface area contributed by atoms with E-state index in [4.69, 9.17) is 11.1 Å². The summed E-state index contributed by atoms with van der Waals surface area (Å²) in [6, 6.07) is 0. The van der Waals surface area contributed by atoms with Crippen LogP contribution in [-0.2, 0) is 6.54 Å². The van der Waals surface area contributed by atoms with E-state index in [-0.39, 0.29) is 5.84 Å². The number of rotatable bonds is 4. The van der Waals surface area contributed by atoms with Gasteiger partial charge >= 0.3 is 0 Å². The largest absolute Gasteiger partial charge is 0.388 e. The molecule has 1 rings (SSSR count). The molecule has 0 aliphatic heterocycles. The molecule has 0 atom stereocenters. The molecule has 0 fully saturated rings. The van der Waals surface area contributed by atoms with Crippen molar-refractivity contribution < 1.29 is 0 Å². The molecule has 0 aromatic carbocycles. The highest BCUT2D eigenvalue weighted by Crippen LogP contribution is 2.11. The van der Waals surface area contributed by atoms with Crippen LogP contribution < -0.4 is 5.73 Å². The molecule has 0 amide bonds. The second-order valence-corrected chi connectivity index (χ2v) is 3.41. The fourth-order valence-corrected chi connectivity index (χ4v) is 1.25. The first-order valence-electron chi connectivity index (χ1n) is 4.45. The van der Waals surface area contributed by atoms with Gasteiger partial charge in [0, 0.05) is 31.3 Å². The minimum absolute atomic E-state index is 0.225. The van der Waals surface area contributed by atoms with Gasteiger partial charge in [0.2, 0.25) is 0 Å². The third-order valence-corrected chi connectivity index (χ3v) is 1.89. The number of nitrogens with zero attached hydrogens (tertiary/aromatic N) is 2. The standard InChI is InChI=1S/C9H16N4/c1-7(2)9-12-4-6-13(9)5-3-8(10)11/h4,6-7H,3,5H2,1-2H3,(H3,10,11). The SMILES string of the molecule is CC(C)c1nccn1CCC(=N)N. The van der Waals surface area contributed by atoms with E-state index in [9.17, 15) is 0 Å². The Kier molecular flexibility index (Phi) is 3.06. The lowest BCUT2D eigenvalue weighted by atomic mass is 10.2. The maximum atomic E-state index is 7.12. The van der Waals surface area contributed by atoms with Gasteiger partial charge in [-0.25, -0.2) is 4.98 Å². The minimum atomic E-state index is 0.225. The van der Waals surface area contributed by atoms with Gasteiger partial charge in [-0.05, 0) is 0 Å². The van der Waals surface area contributed by atoms with Crippen molar-refractivity contribution in [2.24, 2.45) is 5.73 Å². The summed E-state index contributed by atoms with van der Waals surface area (Å²) in [7, 11) is 0. The second-order valence-electron chi connectivity index (χ2n) is 3.41. The van der Waals surface area contributed by atoms with Crippen molar-refractivity contribution in [3.63, 3.8) is 0 Å². The molecule has 3 N–H and O–H groups in total. The predicted octanol–water partition coefficient (Wildman–Crippen LogP) is 1.33. The van der Waals surface area contributed by atoms with Crippen LogP contribution in [0.5, 0.6) is 0 Å². The van der Waals surface area contributed by atoms with Crippen molar-refractivity contribution in [2.45, 2.75) is 32.7 Å². The number of imidazole rings is 1. The van der Waals surface area contributed by atoms with Crippen molar-refractivity contribution in [2.75, 3.05) is 0 Å². The third-order valence-electron chi connectivity index (χ3n) is 1.89. The van der Waals surface area contributed by atoms with Gasteiger partial charge in [0.25, 0.3) is 0 Å². The highest BCUT2D eigenvalue weighted by atomic mass is 15.1. The van der Waals surface area contributed by atoms with Gasteiger partial charge in [0.05, 0.1) is 5.84 Å². The van der Waals surface area contributed by atoms with E-state index >= 15 is 0 Å². The van der Waals surface area contributed by atoms with Crippen LogP contribution in [0.4, 0.5) is 0 Å². The number of nitrogens with two attached hydrogens (primary N) is 1. The Morgan fingerprint density at radius 2 is 2.38 bits per heavy atom. The van der Waals surface area contributed by atoms with E-state index in [0.717, 1.165) is 12.4 Å². The fraction of sp³-hybridized carbons (Fsp3) is 0.556. The van der Waals surface area contributed by atoms with Gasteiger partial charge in [-0.3, -0.25) is 5.41 Å². The van der Waals surface area contributed by atoms with Gasteiger partial charge in [-0.15, -0.1) is 0 Å². The fourth-order valence-electron chi connectivity index (χ4n) is 1.25. The van der Waals surface area contributed by atoms with Crippen LogP contribution in [-0.4, -0.2) is 15.4 Å². The van der Waals surface area contributed by atoms with Crippen LogP contribution >= 0.6 is 0 Å². The first-order chi connectivity index (χ1) is 6.11. The number of aromatic nitrogens is 2. The molecule has 0 aliphatic rings. The Morgan fingerprint density at radius 1 is 1.69 bits per heavy atom. The molecule has 0 saturated carbocycles. The molecule has 72 valence electrons. The summed E-state index contributed by atoms with van der Waals surface area (Å²) < 4.78 is 2.05. The van der Waals surface area contributed by atoms with Crippen LogP contribution in [0, 0.1) is 5.41 Å². The number of aryl methyl sites for hydroxylation is 1. The number of hydrogen-bond acceptors (Lipinski definition) is 2. The zero-order valence-corrected chi connectivity index (χ0v) is 8.12. The van der Waals surface area contributed by atoms with Crippen molar-refractivity contribution >= 4 is 5.84 Å². The Labute approximate surface area is 78.3 Å². The van der Waals surface area contributed by atoms with Crippen molar-refractivity contribution in [3.05, 3.63) is 18.2 Å². The molecule has 0 radical (unpaired) electrons. The predicted molar refractivity (Wildman–Crippen MR) is 52.8 cm³/mol. The summed E-state index contributed by atoms with van der Waals surface area (Å²) in [5, 5.41) is 7.12. The topological polar surface area (TPSA) is 67.7 Å². The quantitative estimate of drug-likeness (QED) is 0.542. The molecule has 1 aromatic heterocycles. The summed E-state index contributed by atoms with van der Waals surface area (Å²) in [5.74, 6) is 1.70. The molecule has 1 aromatic rings. The average molecular weight is 180 g/mol. The Morgan fingerprint density at radius 3 is 2.92 bits per heavy atom. The maximum absolute atomic E-state index is 7.12. The lowest BCUT2D eigenvalue weighted by molar-refractivity contribution is 0.632. The van der Waals surface area contributed by atoms with E-state index in [0.29, 0.717) is 12.3 Å². The second kappa shape index (κ2) is 4.07. The van der Waals surface area contributed by atoms with E-state index in [2.05, 4.69) is 18.8 Å². The molecule has 1 heterocycles. The number of hydrogen-bond donors (Lipinski definition) is 2. The first kappa shape index (κ1) is 9.77. The Balaban J connectivity index is 2.65. The molecule has 4 nitrogen and oxygen atoms in total.